The number of hydrogen-bond acceptors (Lipinski definition) is 4. The fourth-order valence-electron chi connectivity index (χ4n) is 1.62. The molecule has 0 radical (unpaired) electrons. The first kappa shape index (κ1) is 16.4. The number of hydrogen-bond donors (Lipinski definition) is 1. The van der Waals surface area contributed by atoms with E-state index in [0.717, 1.165) is 0 Å². The molecule has 0 saturated heterocycles. The van der Waals surface area contributed by atoms with E-state index < -0.39 is 10.0 Å². The lowest BCUT2D eigenvalue weighted by molar-refractivity contribution is 0.149. The summed E-state index contributed by atoms with van der Waals surface area (Å²) in [6.45, 7) is 2.30. The molecule has 0 spiro atoms. The quantitative estimate of drug-likeness (QED) is 0.863. The molecule has 0 heterocycles. The van der Waals surface area contributed by atoms with Crippen molar-refractivity contribution in [1.29, 1.82) is 0 Å². The molecule has 0 aliphatic rings. The first-order chi connectivity index (χ1) is 8.84. The molecule has 0 fully saturated rings. The lowest BCUT2D eigenvalue weighted by Crippen LogP contribution is -2.37. The Morgan fingerprint density at radius 3 is 2.63 bits per heavy atom. The molecule has 7 heteroatoms. The molecule has 0 aromatic heterocycles. The smallest absolute Gasteiger partial charge is 0.243 e. The number of methoxy groups -OCH3 is 1. The highest BCUT2D eigenvalue weighted by atomic mass is 35.5. The van der Waals surface area contributed by atoms with Crippen LogP contribution in [0.5, 0.6) is 0 Å². The third-order valence-electron chi connectivity index (χ3n) is 2.94. The minimum absolute atomic E-state index is 0.183. The zero-order valence-corrected chi connectivity index (χ0v) is 12.8. The summed E-state index contributed by atoms with van der Waals surface area (Å²) < 4.78 is 31.1. The Hall–Kier alpha value is -0.660. The van der Waals surface area contributed by atoms with Gasteiger partial charge in [0.15, 0.2) is 0 Å². The molecule has 108 valence electrons. The van der Waals surface area contributed by atoms with Crippen molar-refractivity contribution in [2.24, 2.45) is 5.73 Å². The number of ether oxygens (including phenoxy) is 1. The Labute approximate surface area is 119 Å². The summed E-state index contributed by atoms with van der Waals surface area (Å²) in [6.07, 6.45) is 0. The Balaban J connectivity index is 3.13. The number of rotatable bonds is 6. The van der Waals surface area contributed by atoms with Crippen molar-refractivity contribution in [3.8, 4) is 0 Å². The van der Waals surface area contributed by atoms with Gasteiger partial charge in [0.25, 0.3) is 0 Å². The Morgan fingerprint density at radius 1 is 1.47 bits per heavy atom. The van der Waals surface area contributed by atoms with Gasteiger partial charge >= 0.3 is 0 Å². The van der Waals surface area contributed by atoms with Crippen molar-refractivity contribution in [3.63, 3.8) is 0 Å². The summed E-state index contributed by atoms with van der Waals surface area (Å²) in [7, 11) is -0.514. The maximum Gasteiger partial charge on any atom is 0.243 e. The Bertz CT molecular complexity index is 534. The molecule has 2 N–H and O–H groups in total. The van der Waals surface area contributed by atoms with Crippen molar-refractivity contribution in [2.45, 2.75) is 24.4 Å². The predicted octanol–water partition coefficient (Wildman–Crippen LogP) is 1.45. The first-order valence-electron chi connectivity index (χ1n) is 5.80. The zero-order chi connectivity index (χ0) is 14.6. The van der Waals surface area contributed by atoms with Gasteiger partial charge < -0.3 is 10.5 Å². The molecular weight excluding hydrogens is 288 g/mol. The van der Waals surface area contributed by atoms with Crippen molar-refractivity contribution >= 4 is 21.6 Å². The lowest BCUT2D eigenvalue weighted by Gasteiger charge is -2.24. The normalized spacial score (nSPS) is 13.8. The largest absolute Gasteiger partial charge is 0.383 e. The van der Waals surface area contributed by atoms with Gasteiger partial charge in [0.2, 0.25) is 10.0 Å². The van der Waals surface area contributed by atoms with Crippen molar-refractivity contribution < 1.29 is 13.2 Å². The second-order valence-electron chi connectivity index (χ2n) is 4.28. The van der Waals surface area contributed by atoms with Gasteiger partial charge in [0.1, 0.15) is 0 Å². The van der Waals surface area contributed by atoms with Crippen LogP contribution in [0, 0.1) is 0 Å². The third kappa shape index (κ3) is 3.67. The third-order valence-corrected chi connectivity index (χ3v) is 5.28. The summed E-state index contributed by atoms with van der Waals surface area (Å²) in [5.41, 5.74) is 6.14. The lowest BCUT2D eigenvalue weighted by atomic mass is 10.2. The Kier molecular flexibility index (Phi) is 5.76. The molecule has 5 nitrogen and oxygen atoms in total. The van der Waals surface area contributed by atoms with Gasteiger partial charge in [-0.15, -0.1) is 0 Å². The van der Waals surface area contributed by atoms with E-state index in [4.69, 9.17) is 22.1 Å². The van der Waals surface area contributed by atoms with E-state index in [2.05, 4.69) is 0 Å². The number of nitrogens with zero attached hydrogens (tertiary/aromatic N) is 1. The maximum atomic E-state index is 12.4. The van der Waals surface area contributed by atoms with Crippen molar-refractivity contribution in [2.75, 3.05) is 20.8 Å². The highest BCUT2D eigenvalue weighted by molar-refractivity contribution is 7.89. The van der Waals surface area contributed by atoms with E-state index in [-0.39, 0.29) is 17.5 Å². The maximum absolute atomic E-state index is 12.4. The monoisotopic (exact) mass is 306 g/mol. The fraction of sp³-hybridized carbons (Fsp3) is 0.500. The Morgan fingerprint density at radius 2 is 2.11 bits per heavy atom. The van der Waals surface area contributed by atoms with Crippen LogP contribution in [0.1, 0.15) is 12.5 Å². The van der Waals surface area contributed by atoms with Crippen LogP contribution >= 0.6 is 11.6 Å². The van der Waals surface area contributed by atoms with Gasteiger partial charge in [-0.05, 0) is 30.7 Å². The average Bonchev–Trinajstić information content (AvgIpc) is 2.38. The molecule has 19 heavy (non-hydrogen) atoms. The second kappa shape index (κ2) is 6.67. The topological polar surface area (TPSA) is 72.6 Å². The van der Waals surface area contributed by atoms with Gasteiger partial charge in [0, 0.05) is 31.8 Å². The van der Waals surface area contributed by atoms with Gasteiger partial charge in [-0.1, -0.05) is 11.6 Å². The van der Waals surface area contributed by atoms with Gasteiger partial charge in [0.05, 0.1) is 11.5 Å². The zero-order valence-electron chi connectivity index (χ0n) is 11.3. The molecule has 0 amide bonds. The summed E-state index contributed by atoms with van der Waals surface area (Å²) in [6, 6.07) is 4.28. The molecular formula is C12H19ClN2O3S. The predicted molar refractivity (Wildman–Crippen MR) is 75.6 cm³/mol. The second-order valence-corrected chi connectivity index (χ2v) is 6.69. The first-order valence-corrected chi connectivity index (χ1v) is 7.61. The van der Waals surface area contributed by atoms with Crippen molar-refractivity contribution in [1.82, 2.24) is 4.31 Å². The van der Waals surface area contributed by atoms with E-state index in [9.17, 15) is 8.42 Å². The summed E-state index contributed by atoms with van der Waals surface area (Å²) >= 11 is 5.93. The molecule has 1 aromatic carbocycles. The molecule has 0 aliphatic heterocycles. The van der Waals surface area contributed by atoms with Gasteiger partial charge in [-0.3, -0.25) is 0 Å². The van der Waals surface area contributed by atoms with E-state index in [1.807, 2.05) is 0 Å². The summed E-state index contributed by atoms with van der Waals surface area (Å²) in [4.78, 5) is 0.183. The molecule has 1 rings (SSSR count). The van der Waals surface area contributed by atoms with Gasteiger partial charge in [-0.2, -0.15) is 4.31 Å². The molecule has 1 atom stereocenters. The van der Waals surface area contributed by atoms with Crippen LogP contribution in [0.4, 0.5) is 0 Å². The van der Waals surface area contributed by atoms with Crippen LogP contribution in [0.25, 0.3) is 0 Å². The molecule has 0 saturated carbocycles. The van der Waals surface area contributed by atoms with Gasteiger partial charge in [-0.25, -0.2) is 8.42 Å². The summed E-state index contributed by atoms with van der Waals surface area (Å²) in [5, 5.41) is 0.467. The van der Waals surface area contributed by atoms with Crippen LogP contribution in [0.2, 0.25) is 5.02 Å². The summed E-state index contributed by atoms with van der Waals surface area (Å²) in [5.74, 6) is 0. The number of sulfonamides is 1. The van der Waals surface area contributed by atoms with E-state index in [0.29, 0.717) is 17.2 Å². The minimum Gasteiger partial charge on any atom is -0.383 e. The average molecular weight is 307 g/mol. The molecule has 0 aliphatic carbocycles. The fourth-order valence-corrected chi connectivity index (χ4v) is 3.21. The van der Waals surface area contributed by atoms with Crippen LogP contribution in [0.15, 0.2) is 23.1 Å². The number of benzene rings is 1. The number of halogens is 1. The van der Waals surface area contributed by atoms with E-state index >= 15 is 0 Å². The van der Waals surface area contributed by atoms with E-state index in [1.54, 1.807) is 13.0 Å². The van der Waals surface area contributed by atoms with Crippen molar-refractivity contribution in [3.05, 3.63) is 28.8 Å². The van der Waals surface area contributed by atoms with Crippen LogP contribution < -0.4 is 5.73 Å². The van der Waals surface area contributed by atoms with Crippen LogP contribution in [0.3, 0.4) is 0 Å². The molecule has 1 unspecified atom stereocenters. The number of nitrogens with two attached hydrogens (primary N) is 1. The van der Waals surface area contributed by atoms with Crippen LogP contribution in [-0.2, 0) is 21.3 Å². The molecule has 1 aromatic rings. The number of likely N-dealkylation sites (N-methyl/N-ethyl adjacent to an activating group) is 1. The van der Waals surface area contributed by atoms with E-state index in [1.165, 1.54) is 30.6 Å². The molecule has 0 bridgehead atoms. The standard InChI is InChI=1S/C12H19ClN2O3S/c1-9(8-18-3)15(2)19(16,17)11-4-5-12(13)10(6-11)7-14/h4-6,9H,7-8,14H2,1-3H3. The highest BCUT2D eigenvalue weighted by Gasteiger charge is 2.25. The highest BCUT2D eigenvalue weighted by Crippen LogP contribution is 2.23. The van der Waals surface area contributed by atoms with Crippen LogP contribution in [-0.4, -0.2) is 39.5 Å². The minimum atomic E-state index is -3.57. The SMILES string of the molecule is COCC(C)N(C)S(=O)(=O)c1ccc(Cl)c(CN)c1.